The maximum Gasteiger partial charge on any atom is 0.281 e. The van der Waals surface area contributed by atoms with Gasteiger partial charge in [-0.05, 0) is 18.2 Å². The van der Waals surface area contributed by atoms with E-state index in [0.29, 0.717) is 5.95 Å². The number of hydrogen-bond donors (Lipinski definition) is 2. The third kappa shape index (κ3) is 1.35. The number of hydrogen-bond acceptors (Lipinski definition) is 5. The van der Waals surface area contributed by atoms with Crippen molar-refractivity contribution in [1.82, 2.24) is 9.55 Å². The van der Waals surface area contributed by atoms with Gasteiger partial charge in [0.25, 0.3) is 5.91 Å². The van der Waals surface area contributed by atoms with Crippen LogP contribution >= 0.6 is 0 Å². The molecule has 1 aromatic heterocycles. The van der Waals surface area contributed by atoms with Crippen molar-refractivity contribution in [3.8, 4) is 0 Å². The average Bonchev–Trinajstić information content (AvgIpc) is 3.06. The van der Waals surface area contributed by atoms with Crippen molar-refractivity contribution >= 4 is 34.5 Å². The summed E-state index contributed by atoms with van der Waals surface area (Å²) in [5.41, 5.74) is 7.98. The highest BCUT2D eigenvalue weighted by Crippen LogP contribution is 2.47. The van der Waals surface area contributed by atoms with Gasteiger partial charge in [0.1, 0.15) is 0 Å². The number of carbonyl (C=O) groups excluding carboxylic acids is 1. The van der Waals surface area contributed by atoms with Crippen LogP contribution < -0.4 is 16.0 Å². The number of fused-ring (bicyclic) bond motifs is 6. The SMILES string of the molecule is CN1C(=O)[C@@]2(N=C(N)Nc3nc4ccccc4n32)c2ccccc21. The van der Waals surface area contributed by atoms with Crippen molar-refractivity contribution in [2.75, 3.05) is 17.3 Å². The second-order valence-corrected chi connectivity index (χ2v) is 5.94. The van der Waals surface area contributed by atoms with Crippen LogP contribution in [0.1, 0.15) is 5.56 Å². The molecule has 2 aromatic carbocycles. The summed E-state index contributed by atoms with van der Waals surface area (Å²) in [6.45, 7) is 0. The number of amides is 1. The highest BCUT2D eigenvalue weighted by molar-refractivity contribution is 6.11. The molecular weight excluding hydrogens is 304 g/mol. The zero-order chi connectivity index (χ0) is 16.5. The minimum Gasteiger partial charge on any atom is -0.370 e. The number of anilines is 2. The van der Waals surface area contributed by atoms with Gasteiger partial charge in [-0.25, -0.2) is 9.98 Å². The number of likely N-dealkylation sites (N-methyl/N-ethyl adjacent to an activating group) is 1. The summed E-state index contributed by atoms with van der Waals surface area (Å²) in [5.74, 6) is 0.538. The molecule has 118 valence electrons. The molecule has 1 spiro atoms. The topological polar surface area (TPSA) is 88.5 Å². The third-order valence-corrected chi connectivity index (χ3v) is 4.65. The van der Waals surface area contributed by atoms with Crippen molar-refractivity contribution in [2.24, 2.45) is 10.7 Å². The van der Waals surface area contributed by atoms with Gasteiger partial charge < -0.3 is 10.6 Å². The molecule has 3 heterocycles. The summed E-state index contributed by atoms with van der Waals surface area (Å²) in [4.78, 5) is 24.0. The quantitative estimate of drug-likeness (QED) is 0.657. The van der Waals surface area contributed by atoms with Crippen molar-refractivity contribution in [3.63, 3.8) is 0 Å². The number of imidazole rings is 1. The summed E-state index contributed by atoms with van der Waals surface area (Å²) < 4.78 is 1.84. The van der Waals surface area contributed by atoms with E-state index in [1.165, 1.54) is 0 Å². The molecule has 1 atom stereocenters. The first-order valence-corrected chi connectivity index (χ1v) is 7.61. The Morgan fingerprint density at radius 1 is 1.12 bits per heavy atom. The standard InChI is InChI=1S/C17H14N6O/c1-22-12-8-4-2-6-10(12)17(14(22)24)21-15(18)20-16-19-11-7-3-5-9-13(11)23(16)17/h2-9H,1H3,(H3,18,19,20,21)/t17-/m1/s1. The van der Waals surface area contributed by atoms with Gasteiger partial charge in [0, 0.05) is 12.6 Å². The number of rotatable bonds is 0. The number of para-hydroxylation sites is 3. The van der Waals surface area contributed by atoms with Crippen LogP contribution in [0.5, 0.6) is 0 Å². The molecule has 3 aromatic rings. The lowest BCUT2D eigenvalue weighted by Crippen LogP contribution is -2.49. The predicted molar refractivity (Wildman–Crippen MR) is 91.9 cm³/mol. The van der Waals surface area contributed by atoms with Gasteiger partial charge in [0.15, 0.2) is 5.96 Å². The molecule has 2 aliphatic rings. The van der Waals surface area contributed by atoms with Gasteiger partial charge in [-0.2, -0.15) is 0 Å². The second kappa shape index (κ2) is 4.14. The van der Waals surface area contributed by atoms with Crippen LogP contribution in [0.25, 0.3) is 11.0 Å². The van der Waals surface area contributed by atoms with Gasteiger partial charge in [-0.1, -0.05) is 30.3 Å². The van der Waals surface area contributed by atoms with Crippen LogP contribution in [0.15, 0.2) is 53.5 Å². The molecule has 24 heavy (non-hydrogen) atoms. The summed E-state index contributed by atoms with van der Waals surface area (Å²) in [6.07, 6.45) is 0. The van der Waals surface area contributed by atoms with Crippen molar-refractivity contribution in [3.05, 3.63) is 54.1 Å². The lowest BCUT2D eigenvalue weighted by molar-refractivity contribution is -0.123. The Kier molecular flexibility index (Phi) is 2.26. The van der Waals surface area contributed by atoms with Crippen LogP contribution in [0.4, 0.5) is 11.6 Å². The number of aliphatic imine (C=N–C) groups is 1. The van der Waals surface area contributed by atoms with E-state index in [4.69, 9.17) is 5.73 Å². The molecule has 0 saturated carbocycles. The normalized spacial score (nSPS) is 21.6. The Hall–Kier alpha value is -3.35. The van der Waals surface area contributed by atoms with Crippen LogP contribution in [0, 0.1) is 0 Å². The monoisotopic (exact) mass is 318 g/mol. The van der Waals surface area contributed by atoms with Crippen molar-refractivity contribution in [2.45, 2.75) is 5.66 Å². The molecule has 0 fully saturated rings. The molecule has 2 aliphatic heterocycles. The molecule has 3 N–H and O–H groups in total. The van der Waals surface area contributed by atoms with Crippen LogP contribution in [0.2, 0.25) is 0 Å². The second-order valence-electron chi connectivity index (χ2n) is 5.94. The molecule has 0 unspecified atom stereocenters. The zero-order valence-electron chi connectivity index (χ0n) is 12.9. The minimum absolute atomic E-state index is 0.155. The first-order chi connectivity index (χ1) is 11.6. The predicted octanol–water partition coefficient (Wildman–Crippen LogP) is 1.45. The van der Waals surface area contributed by atoms with Crippen LogP contribution in [-0.2, 0) is 10.5 Å². The third-order valence-electron chi connectivity index (χ3n) is 4.65. The van der Waals surface area contributed by atoms with E-state index in [1.807, 2.05) is 53.1 Å². The molecule has 7 heteroatoms. The average molecular weight is 318 g/mol. The summed E-state index contributed by atoms with van der Waals surface area (Å²) in [6, 6.07) is 15.3. The van der Waals surface area contributed by atoms with Gasteiger partial charge in [0.2, 0.25) is 11.6 Å². The van der Waals surface area contributed by atoms with Gasteiger partial charge in [-0.15, -0.1) is 0 Å². The van der Waals surface area contributed by atoms with Crippen molar-refractivity contribution < 1.29 is 4.79 Å². The van der Waals surface area contributed by atoms with E-state index in [-0.39, 0.29) is 11.9 Å². The molecule has 7 nitrogen and oxygen atoms in total. The number of nitrogens with one attached hydrogen (secondary N) is 1. The van der Waals surface area contributed by atoms with Crippen molar-refractivity contribution in [1.29, 1.82) is 0 Å². The van der Waals surface area contributed by atoms with E-state index >= 15 is 0 Å². The lowest BCUT2D eigenvalue weighted by atomic mass is 10.00. The lowest BCUT2D eigenvalue weighted by Gasteiger charge is -2.31. The fourth-order valence-electron chi connectivity index (χ4n) is 3.65. The molecule has 0 aliphatic carbocycles. The summed E-state index contributed by atoms with van der Waals surface area (Å²) >= 11 is 0. The van der Waals surface area contributed by atoms with E-state index in [1.54, 1.807) is 11.9 Å². The largest absolute Gasteiger partial charge is 0.370 e. The summed E-state index contributed by atoms with van der Waals surface area (Å²) in [5, 5.41) is 2.98. The number of nitrogens with zero attached hydrogens (tertiary/aromatic N) is 4. The molecule has 1 amide bonds. The smallest absolute Gasteiger partial charge is 0.281 e. The Labute approximate surface area is 137 Å². The van der Waals surface area contributed by atoms with E-state index < -0.39 is 5.66 Å². The van der Waals surface area contributed by atoms with E-state index in [0.717, 1.165) is 22.3 Å². The number of nitrogens with two attached hydrogens (primary N) is 1. The first kappa shape index (κ1) is 13.1. The highest BCUT2D eigenvalue weighted by Gasteiger charge is 2.55. The summed E-state index contributed by atoms with van der Waals surface area (Å²) in [7, 11) is 1.75. The number of guanidine groups is 1. The van der Waals surface area contributed by atoms with Crippen LogP contribution in [0.3, 0.4) is 0 Å². The van der Waals surface area contributed by atoms with Gasteiger partial charge >= 0.3 is 0 Å². The molecule has 0 bridgehead atoms. The fraction of sp³-hybridized carbons (Fsp3) is 0.118. The molecule has 5 rings (SSSR count). The minimum atomic E-state index is -1.26. The Balaban J connectivity index is 1.96. The first-order valence-electron chi connectivity index (χ1n) is 7.61. The van der Waals surface area contributed by atoms with Gasteiger partial charge in [0.05, 0.1) is 16.7 Å². The highest BCUT2D eigenvalue weighted by atomic mass is 16.2. The Bertz CT molecular complexity index is 1050. The molecule has 0 saturated heterocycles. The Morgan fingerprint density at radius 2 is 1.88 bits per heavy atom. The number of aromatic nitrogens is 2. The van der Waals surface area contributed by atoms with E-state index in [9.17, 15) is 4.79 Å². The Morgan fingerprint density at radius 3 is 2.75 bits per heavy atom. The molecular formula is C17H14N6O. The fourth-order valence-corrected chi connectivity index (χ4v) is 3.65. The van der Waals surface area contributed by atoms with Gasteiger partial charge in [-0.3, -0.25) is 14.7 Å². The van der Waals surface area contributed by atoms with E-state index in [2.05, 4.69) is 15.3 Å². The maximum absolute atomic E-state index is 13.3. The molecule has 0 radical (unpaired) electrons. The zero-order valence-corrected chi connectivity index (χ0v) is 12.9. The van der Waals surface area contributed by atoms with Crippen LogP contribution in [-0.4, -0.2) is 28.5 Å². The maximum atomic E-state index is 13.3. The number of benzene rings is 2. The number of carbonyl (C=O) groups is 1.